The first-order valence-corrected chi connectivity index (χ1v) is 14.4. The van der Waals surface area contributed by atoms with Crippen molar-refractivity contribution in [3.05, 3.63) is 47.5 Å². The van der Waals surface area contributed by atoms with Gasteiger partial charge in [0, 0.05) is 18.7 Å². The SMILES string of the molecule is C/C(=C\[C@H](C(C)C)N(C)C(=O)C(NC(=O)C1CCCCN1C(C)C)C(C)C)C(=O)NC(CO)c1ccccc1. The summed E-state index contributed by atoms with van der Waals surface area (Å²) in [6.07, 6.45) is 4.68. The molecule has 1 aliphatic rings. The van der Waals surface area contributed by atoms with E-state index in [-0.39, 0.29) is 54.3 Å². The molecule has 1 aromatic carbocycles. The molecule has 3 unspecified atom stereocenters. The topological polar surface area (TPSA) is 102 Å². The molecule has 0 aromatic heterocycles. The van der Waals surface area contributed by atoms with E-state index in [1.54, 1.807) is 24.9 Å². The van der Waals surface area contributed by atoms with Crippen LogP contribution in [-0.4, -0.2) is 77.0 Å². The lowest BCUT2D eigenvalue weighted by Crippen LogP contribution is -2.58. The van der Waals surface area contributed by atoms with E-state index in [1.807, 2.05) is 58.0 Å². The number of likely N-dealkylation sites (N-methyl/N-ethyl adjacent to an activating group) is 1. The molecular weight excluding hydrogens is 492 g/mol. The number of aliphatic hydroxyl groups excluding tert-OH is 1. The third-order valence-corrected chi connectivity index (χ3v) is 7.69. The molecule has 1 saturated heterocycles. The summed E-state index contributed by atoms with van der Waals surface area (Å²) < 4.78 is 0. The van der Waals surface area contributed by atoms with Gasteiger partial charge in [0.05, 0.1) is 24.7 Å². The summed E-state index contributed by atoms with van der Waals surface area (Å²) in [4.78, 5) is 44.0. The largest absolute Gasteiger partial charge is 0.394 e. The highest BCUT2D eigenvalue weighted by Gasteiger charge is 2.36. The molecule has 1 fully saturated rings. The normalized spacial score (nSPS) is 19.1. The van der Waals surface area contributed by atoms with E-state index in [9.17, 15) is 19.5 Å². The standard InChI is InChI=1S/C31H50N4O4/c1-20(2)27(18-23(7)29(37)32-25(19-36)24-14-10-9-11-15-24)34(8)31(39)28(21(3)4)33-30(38)26-16-12-13-17-35(26)22(5)6/h9-11,14-15,18,20-22,25-28,36H,12-13,16-17,19H2,1-8H3,(H,32,37)(H,33,38)/b23-18+/t25?,26?,27-,28?/m1/s1. The van der Waals surface area contributed by atoms with E-state index in [0.29, 0.717) is 5.57 Å². The predicted octanol–water partition coefficient (Wildman–Crippen LogP) is 3.67. The second-order valence-electron chi connectivity index (χ2n) is 11.7. The smallest absolute Gasteiger partial charge is 0.247 e. The lowest BCUT2D eigenvalue weighted by molar-refractivity contribution is -0.140. The van der Waals surface area contributed by atoms with Gasteiger partial charge in [-0.15, -0.1) is 0 Å². The Bertz CT molecular complexity index is 976. The van der Waals surface area contributed by atoms with Crippen molar-refractivity contribution in [2.24, 2.45) is 11.8 Å². The Morgan fingerprint density at radius 1 is 1.03 bits per heavy atom. The number of hydrogen-bond donors (Lipinski definition) is 3. The summed E-state index contributed by atoms with van der Waals surface area (Å²) in [6, 6.07) is 7.81. The maximum Gasteiger partial charge on any atom is 0.247 e. The molecule has 0 saturated carbocycles. The van der Waals surface area contributed by atoms with Crippen molar-refractivity contribution in [3.8, 4) is 0 Å². The molecule has 0 spiro atoms. The Kier molecular flexibility index (Phi) is 12.6. The van der Waals surface area contributed by atoms with Crippen LogP contribution in [0.4, 0.5) is 0 Å². The summed E-state index contributed by atoms with van der Waals surface area (Å²) in [7, 11) is 1.73. The highest BCUT2D eigenvalue weighted by molar-refractivity contribution is 5.93. The Hall–Kier alpha value is -2.71. The van der Waals surface area contributed by atoms with Crippen molar-refractivity contribution in [1.82, 2.24) is 20.4 Å². The van der Waals surface area contributed by atoms with E-state index in [0.717, 1.165) is 31.4 Å². The molecule has 0 radical (unpaired) electrons. The number of nitrogens with zero attached hydrogens (tertiary/aromatic N) is 2. The second-order valence-corrected chi connectivity index (χ2v) is 11.7. The van der Waals surface area contributed by atoms with Gasteiger partial charge in [-0.2, -0.15) is 0 Å². The minimum atomic E-state index is -0.668. The van der Waals surface area contributed by atoms with Crippen LogP contribution in [0.25, 0.3) is 0 Å². The van der Waals surface area contributed by atoms with Gasteiger partial charge in [-0.25, -0.2) is 0 Å². The number of benzene rings is 1. The van der Waals surface area contributed by atoms with Crippen molar-refractivity contribution in [1.29, 1.82) is 0 Å². The van der Waals surface area contributed by atoms with Gasteiger partial charge < -0.3 is 20.6 Å². The molecule has 1 aliphatic heterocycles. The van der Waals surface area contributed by atoms with Crippen LogP contribution in [0.3, 0.4) is 0 Å². The van der Waals surface area contributed by atoms with Crippen molar-refractivity contribution in [3.63, 3.8) is 0 Å². The maximum atomic E-state index is 13.8. The molecule has 39 heavy (non-hydrogen) atoms. The lowest BCUT2D eigenvalue weighted by Gasteiger charge is -2.39. The number of hydrogen-bond acceptors (Lipinski definition) is 5. The first kappa shape index (κ1) is 32.5. The van der Waals surface area contributed by atoms with E-state index < -0.39 is 12.1 Å². The number of aliphatic hydroxyl groups is 1. The summed E-state index contributed by atoms with van der Waals surface area (Å²) in [5, 5.41) is 15.8. The fourth-order valence-corrected chi connectivity index (χ4v) is 5.26. The summed E-state index contributed by atoms with van der Waals surface area (Å²) in [5.74, 6) is -0.637. The van der Waals surface area contributed by atoms with Crippen molar-refractivity contribution < 1.29 is 19.5 Å². The minimum Gasteiger partial charge on any atom is -0.394 e. The van der Waals surface area contributed by atoms with Gasteiger partial charge in [-0.05, 0) is 57.6 Å². The third kappa shape index (κ3) is 8.90. The van der Waals surface area contributed by atoms with Crippen molar-refractivity contribution >= 4 is 17.7 Å². The van der Waals surface area contributed by atoms with Gasteiger partial charge in [0.25, 0.3) is 0 Å². The average Bonchev–Trinajstić information content (AvgIpc) is 2.92. The maximum absolute atomic E-state index is 13.8. The average molecular weight is 543 g/mol. The van der Waals surface area contributed by atoms with E-state index in [1.165, 1.54) is 0 Å². The van der Waals surface area contributed by atoms with Gasteiger partial charge in [0.2, 0.25) is 17.7 Å². The Balaban J connectivity index is 2.18. The van der Waals surface area contributed by atoms with Gasteiger partial charge in [-0.3, -0.25) is 19.3 Å². The number of amides is 3. The van der Waals surface area contributed by atoms with Crippen molar-refractivity contribution in [2.45, 2.75) is 97.9 Å². The van der Waals surface area contributed by atoms with Crippen LogP contribution in [0.15, 0.2) is 42.0 Å². The predicted molar refractivity (Wildman–Crippen MR) is 156 cm³/mol. The number of carbonyl (C=O) groups is 3. The molecule has 8 heteroatoms. The first-order chi connectivity index (χ1) is 18.4. The zero-order chi connectivity index (χ0) is 29.3. The highest BCUT2D eigenvalue weighted by atomic mass is 16.3. The van der Waals surface area contributed by atoms with Gasteiger partial charge in [0.1, 0.15) is 6.04 Å². The number of likely N-dealkylation sites (tertiary alicyclic amines) is 1. The van der Waals surface area contributed by atoms with Gasteiger partial charge in [-0.1, -0.05) is 70.5 Å². The summed E-state index contributed by atoms with van der Waals surface area (Å²) >= 11 is 0. The molecule has 218 valence electrons. The Labute approximate surface area is 235 Å². The van der Waals surface area contributed by atoms with E-state index in [2.05, 4.69) is 29.4 Å². The fourth-order valence-electron chi connectivity index (χ4n) is 5.26. The molecule has 0 bridgehead atoms. The second kappa shape index (κ2) is 15.2. The van der Waals surface area contributed by atoms with Gasteiger partial charge in [0.15, 0.2) is 0 Å². The lowest BCUT2D eigenvalue weighted by atomic mass is 9.95. The number of nitrogens with one attached hydrogen (secondary N) is 2. The van der Waals surface area contributed by atoms with Crippen LogP contribution in [0.2, 0.25) is 0 Å². The van der Waals surface area contributed by atoms with Crippen LogP contribution in [0.1, 0.15) is 79.3 Å². The zero-order valence-corrected chi connectivity index (χ0v) is 25.1. The first-order valence-electron chi connectivity index (χ1n) is 14.4. The molecule has 3 N–H and O–H groups in total. The van der Waals surface area contributed by atoms with Gasteiger partial charge >= 0.3 is 0 Å². The molecule has 4 atom stereocenters. The summed E-state index contributed by atoms with van der Waals surface area (Å²) in [5.41, 5.74) is 1.28. The molecule has 0 aliphatic carbocycles. The monoisotopic (exact) mass is 542 g/mol. The fraction of sp³-hybridized carbons (Fsp3) is 0.645. The Morgan fingerprint density at radius 3 is 2.21 bits per heavy atom. The van der Waals surface area contributed by atoms with Crippen LogP contribution >= 0.6 is 0 Å². The van der Waals surface area contributed by atoms with E-state index in [4.69, 9.17) is 0 Å². The van der Waals surface area contributed by atoms with Crippen LogP contribution in [-0.2, 0) is 14.4 Å². The molecule has 1 aromatic rings. The molecule has 8 nitrogen and oxygen atoms in total. The molecular formula is C31H50N4O4. The van der Waals surface area contributed by atoms with Crippen LogP contribution in [0, 0.1) is 11.8 Å². The minimum absolute atomic E-state index is 0.0303. The van der Waals surface area contributed by atoms with Crippen LogP contribution in [0.5, 0.6) is 0 Å². The molecule has 1 heterocycles. The highest BCUT2D eigenvalue weighted by Crippen LogP contribution is 2.22. The summed E-state index contributed by atoms with van der Waals surface area (Å²) in [6.45, 7) is 14.5. The van der Waals surface area contributed by atoms with Crippen molar-refractivity contribution in [2.75, 3.05) is 20.2 Å². The molecule has 3 amide bonds. The van der Waals surface area contributed by atoms with E-state index >= 15 is 0 Å². The quantitative estimate of drug-likeness (QED) is 0.350. The Morgan fingerprint density at radius 2 is 1.67 bits per heavy atom. The van der Waals surface area contributed by atoms with Crippen LogP contribution < -0.4 is 10.6 Å². The number of rotatable bonds is 12. The third-order valence-electron chi connectivity index (χ3n) is 7.69. The number of carbonyl (C=O) groups excluding carboxylic acids is 3. The molecule has 2 rings (SSSR count). The number of piperidine rings is 1. The zero-order valence-electron chi connectivity index (χ0n) is 25.1.